The molecule has 0 saturated carbocycles. The van der Waals surface area contributed by atoms with Gasteiger partial charge in [0.1, 0.15) is 23.7 Å². The number of amides is 4. The molecule has 0 aliphatic carbocycles. The lowest BCUT2D eigenvalue weighted by Gasteiger charge is -2.26. The van der Waals surface area contributed by atoms with E-state index in [2.05, 4.69) is 44.1 Å². The molecule has 0 radical (unpaired) electrons. The summed E-state index contributed by atoms with van der Waals surface area (Å²) in [7, 11) is 0. The minimum absolute atomic E-state index is 0.156. The van der Waals surface area contributed by atoms with Crippen molar-refractivity contribution in [2.45, 2.75) is 26.4 Å². The van der Waals surface area contributed by atoms with E-state index in [0.29, 0.717) is 40.4 Å². The Morgan fingerprint density at radius 2 is 1.68 bits per heavy atom. The number of barbiturate groups is 1. The topological polar surface area (TPSA) is 84.9 Å². The Labute approximate surface area is 231 Å². The van der Waals surface area contributed by atoms with Gasteiger partial charge in [-0.2, -0.15) is 0 Å². The molecule has 1 saturated heterocycles. The minimum Gasteiger partial charge on any atom is -0.494 e. The number of anilines is 1. The van der Waals surface area contributed by atoms with E-state index >= 15 is 0 Å². The van der Waals surface area contributed by atoms with Crippen LogP contribution in [0.1, 0.15) is 30.9 Å². The highest BCUT2D eigenvalue weighted by Crippen LogP contribution is 2.30. The predicted octanol–water partition coefficient (Wildman–Crippen LogP) is 6.64. The van der Waals surface area contributed by atoms with Crippen LogP contribution in [-0.4, -0.2) is 24.5 Å². The first-order valence-corrected chi connectivity index (χ1v) is 13.3. The fourth-order valence-corrected chi connectivity index (χ4v) is 4.49. The largest absolute Gasteiger partial charge is 0.494 e. The van der Waals surface area contributed by atoms with Crippen LogP contribution in [0.2, 0.25) is 0 Å². The van der Waals surface area contributed by atoms with Gasteiger partial charge in [-0.05, 0) is 76.5 Å². The van der Waals surface area contributed by atoms with Crippen molar-refractivity contribution >= 4 is 61.5 Å². The van der Waals surface area contributed by atoms with Crippen molar-refractivity contribution in [2.24, 2.45) is 0 Å². The molecule has 37 heavy (non-hydrogen) atoms. The summed E-state index contributed by atoms with van der Waals surface area (Å²) in [4.78, 5) is 39.2. The van der Waals surface area contributed by atoms with Crippen LogP contribution in [0.4, 0.5) is 10.5 Å². The molecule has 1 aliphatic rings. The Balaban J connectivity index is 1.51. The molecule has 9 heteroatoms. The number of rotatable bonds is 9. The highest BCUT2D eigenvalue weighted by molar-refractivity contribution is 9.10. The summed E-state index contributed by atoms with van der Waals surface area (Å²) >= 11 is 7.00. The molecule has 1 aliphatic heterocycles. The van der Waals surface area contributed by atoms with E-state index in [4.69, 9.17) is 9.47 Å². The molecule has 7 nitrogen and oxygen atoms in total. The number of benzene rings is 3. The van der Waals surface area contributed by atoms with Gasteiger partial charge in [-0.3, -0.25) is 14.9 Å². The van der Waals surface area contributed by atoms with E-state index in [9.17, 15) is 14.4 Å². The summed E-state index contributed by atoms with van der Waals surface area (Å²) in [6.45, 7) is 3.02. The normalized spacial score (nSPS) is 14.6. The maximum atomic E-state index is 13.2. The Kier molecular flexibility index (Phi) is 8.78. The van der Waals surface area contributed by atoms with Gasteiger partial charge in [-0.1, -0.05) is 53.5 Å². The third-order valence-electron chi connectivity index (χ3n) is 5.57. The highest BCUT2D eigenvalue weighted by Gasteiger charge is 2.36. The van der Waals surface area contributed by atoms with Gasteiger partial charge >= 0.3 is 6.03 Å². The van der Waals surface area contributed by atoms with Crippen LogP contribution in [0, 0.1) is 0 Å². The molecule has 0 atom stereocenters. The second-order valence-corrected chi connectivity index (χ2v) is 9.93. The van der Waals surface area contributed by atoms with E-state index < -0.39 is 17.8 Å². The Hall–Kier alpha value is -3.43. The van der Waals surface area contributed by atoms with Gasteiger partial charge in [-0.15, -0.1) is 0 Å². The zero-order valence-corrected chi connectivity index (χ0v) is 23.2. The molecule has 4 amide bonds. The van der Waals surface area contributed by atoms with Gasteiger partial charge in [0, 0.05) is 10.0 Å². The summed E-state index contributed by atoms with van der Waals surface area (Å²) in [5.74, 6) is -0.217. The number of carbonyl (C=O) groups excluding carboxylic acids is 3. The molecule has 4 rings (SSSR count). The zero-order chi connectivity index (χ0) is 26.4. The van der Waals surface area contributed by atoms with E-state index in [1.54, 1.807) is 42.5 Å². The molecule has 1 N–H and O–H groups in total. The lowest BCUT2D eigenvalue weighted by molar-refractivity contribution is -0.122. The molecule has 0 unspecified atom stereocenters. The average Bonchev–Trinajstić information content (AvgIpc) is 2.88. The first kappa shape index (κ1) is 26.6. The van der Waals surface area contributed by atoms with E-state index in [-0.39, 0.29) is 5.57 Å². The molecule has 0 aromatic heterocycles. The molecular formula is C28H24Br2N2O5. The first-order chi connectivity index (χ1) is 17.9. The maximum Gasteiger partial charge on any atom is 0.335 e. The summed E-state index contributed by atoms with van der Waals surface area (Å²) in [6.07, 6.45) is 3.39. The quantitative estimate of drug-likeness (QED) is 0.163. The molecule has 190 valence electrons. The Morgan fingerprint density at radius 1 is 0.919 bits per heavy atom. The number of hydrogen-bond acceptors (Lipinski definition) is 5. The number of imide groups is 2. The number of hydrogen-bond donors (Lipinski definition) is 1. The fourth-order valence-electron chi connectivity index (χ4n) is 3.58. The van der Waals surface area contributed by atoms with E-state index in [0.717, 1.165) is 27.8 Å². The molecule has 1 fully saturated rings. The summed E-state index contributed by atoms with van der Waals surface area (Å²) in [5.41, 5.74) is 1.76. The predicted molar refractivity (Wildman–Crippen MR) is 148 cm³/mol. The molecule has 0 spiro atoms. The van der Waals surface area contributed by atoms with Gasteiger partial charge < -0.3 is 9.47 Å². The lowest BCUT2D eigenvalue weighted by Crippen LogP contribution is -2.54. The van der Waals surface area contributed by atoms with Crippen LogP contribution in [-0.2, 0) is 16.2 Å². The summed E-state index contributed by atoms with van der Waals surface area (Å²) in [5, 5.41) is 2.24. The number of nitrogens with one attached hydrogen (secondary N) is 1. The van der Waals surface area contributed by atoms with Crippen LogP contribution in [0.25, 0.3) is 6.08 Å². The van der Waals surface area contributed by atoms with Crippen molar-refractivity contribution in [1.29, 1.82) is 0 Å². The second-order valence-electron chi connectivity index (χ2n) is 8.22. The molecular weight excluding hydrogens is 604 g/mol. The first-order valence-electron chi connectivity index (χ1n) is 11.7. The average molecular weight is 628 g/mol. The van der Waals surface area contributed by atoms with Crippen molar-refractivity contribution in [2.75, 3.05) is 11.5 Å². The molecule has 0 bridgehead atoms. The molecule has 1 heterocycles. The third-order valence-corrected chi connectivity index (χ3v) is 6.96. The van der Waals surface area contributed by atoms with Gasteiger partial charge in [0.25, 0.3) is 11.8 Å². The molecule has 3 aromatic rings. The number of unbranched alkanes of at least 4 members (excludes halogenated alkanes) is 1. The smallest absolute Gasteiger partial charge is 0.335 e. The van der Waals surface area contributed by atoms with Crippen molar-refractivity contribution < 1.29 is 23.9 Å². The van der Waals surface area contributed by atoms with E-state index in [1.807, 2.05) is 24.3 Å². The summed E-state index contributed by atoms with van der Waals surface area (Å²) < 4.78 is 13.2. The van der Waals surface area contributed by atoms with Gasteiger partial charge in [0.15, 0.2) is 0 Å². The van der Waals surface area contributed by atoms with Crippen LogP contribution < -0.4 is 19.7 Å². The second kappa shape index (κ2) is 12.2. The Bertz CT molecular complexity index is 1350. The third kappa shape index (κ3) is 6.47. The summed E-state index contributed by atoms with van der Waals surface area (Å²) in [6, 6.07) is 18.8. The van der Waals surface area contributed by atoms with Crippen molar-refractivity contribution in [3.05, 3.63) is 92.4 Å². The minimum atomic E-state index is -0.802. The fraction of sp³-hybridized carbons (Fsp3) is 0.179. The lowest BCUT2D eigenvalue weighted by atomic mass is 10.1. The van der Waals surface area contributed by atoms with Crippen molar-refractivity contribution in [3.8, 4) is 11.5 Å². The Morgan fingerprint density at radius 3 is 2.38 bits per heavy atom. The number of ether oxygens (including phenoxy) is 2. The van der Waals surface area contributed by atoms with Crippen molar-refractivity contribution in [1.82, 2.24) is 5.32 Å². The number of nitrogens with zero attached hydrogens (tertiary/aromatic N) is 1. The van der Waals surface area contributed by atoms with Crippen LogP contribution in [0.3, 0.4) is 0 Å². The van der Waals surface area contributed by atoms with Crippen LogP contribution >= 0.6 is 31.9 Å². The molecule has 3 aromatic carbocycles. The monoisotopic (exact) mass is 626 g/mol. The maximum absolute atomic E-state index is 13.2. The number of halogens is 2. The highest BCUT2D eigenvalue weighted by atomic mass is 79.9. The van der Waals surface area contributed by atoms with Gasteiger partial charge in [0.2, 0.25) is 0 Å². The van der Waals surface area contributed by atoms with Gasteiger partial charge in [0.05, 0.1) is 16.8 Å². The van der Waals surface area contributed by atoms with Crippen LogP contribution in [0.15, 0.2) is 81.2 Å². The van der Waals surface area contributed by atoms with Crippen LogP contribution in [0.5, 0.6) is 11.5 Å². The zero-order valence-electron chi connectivity index (χ0n) is 20.0. The van der Waals surface area contributed by atoms with Crippen molar-refractivity contribution in [3.63, 3.8) is 0 Å². The number of carbonyl (C=O) groups is 3. The number of urea groups is 1. The standard InChI is InChI=1S/C28H24Br2N2O5/c1-2-3-14-36-21-11-9-20(10-12-21)32-27(34)22(26(33)31-28(32)35)15-18-8-13-25(24(30)16-18)37-17-19-6-4-5-7-23(19)29/h4-13,15-16H,2-3,14,17H2,1H3,(H,31,33,35)/b22-15-. The van der Waals surface area contributed by atoms with Gasteiger partial charge in [-0.25, -0.2) is 9.69 Å². The van der Waals surface area contributed by atoms with E-state index in [1.165, 1.54) is 6.08 Å². The SMILES string of the molecule is CCCCOc1ccc(N2C(=O)NC(=O)/C(=C/c3ccc(OCc4ccccc4Br)c(Br)c3)C2=O)cc1.